The van der Waals surface area contributed by atoms with E-state index in [4.69, 9.17) is 4.74 Å². The normalized spacial score (nSPS) is 19.6. The van der Waals surface area contributed by atoms with Crippen LogP contribution in [-0.4, -0.2) is 49.6 Å². The number of aromatic nitrogens is 1. The third-order valence-corrected chi connectivity index (χ3v) is 4.80. The van der Waals surface area contributed by atoms with Gasteiger partial charge in [-0.2, -0.15) is 0 Å². The molecule has 1 fully saturated rings. The first-order valence-electron chi connectivity index (χ1n) is 7.25. The number of nitrogens with zero attached hydrogens (tertiary/aromatic N) is 2. The Morgan fingerprint density at radius 2 is 2.32 bits per heavy atom. The van der Waals surface area contributed by atoms with Crippen molar-refractivity contribution in [3.05, 3.63) is 18.3 Å². The molecule has 1 saturated heterocycles. The lowest BCUT2D eigenvalue weighted by Gasteiger charge is -2.30. The average Bonchev–Trinajstić information content (AvgIpc) is 2.49. The summed E-state index contributed by atoms with van der Waals surface area (Å²) >= 11 is 0. The molecule has 0 saturated carbocycles. The minimum Gasteiger partial charge on any atom is -0.476 e. The number of rotatable bonds is 5. The van der Waals surface area contributed by atoms with Gasteiger partial charge in [0.15, 0.2) is 0 Å². The fourth-order valence-corrected chi connectivity index (χ4v) is 3.34. The Kier molecular flexibility index (Phi) is 5.36. The largest absolute Gasteiger partial charge is 0.476 e. The zero-order valence-corrected chi connectivity index (χ0v) is 13.6. The van der Waals surface area contributed by atoms with Gasteiger partial charge < -0.3 is 10.1 Å². The Labute approximate surface area is 130 Å². The fraction of sp³-hybridized carbons (Fsp3) is 0.571. The Morgan fingerprint density at radius 1 is 1.55 bits per heavy atom. The van der Waals surface area contributed by atoms with Gasteiger partial charge in [0.1, 0.15) is 5.69 Å². The third kappa shape index (κ3) is 4.17. The van der Waals surface area contributed by atoms with Crippen LogP contribution in [0.15, 0.2) is 18.3 Å². The van der Waals surface area contributed by atoms with Gasteiger partial charge in [0.25, 0.3) is 0 Å². The molecule has 2 rings (SSSR count). The number of amides is 1. The number of nitrogens with one attached hydrogen (secondary N) is 1. The molecule has 7 nitrogen and oxygen atoms in total. The van der Waals surface area contributed by atoms with Crippen molar-refractivity contribution in [2.45, 2.75) is 19.8 Å². The van der Waals surface area contributed by atoms with Crippen LogP contribution < -0.4 is 10.1 Å². The van der Waals surface area contributed by atoms with Crippen LogP contribution in [0.1, 0.15) is 19.8 Å². The maximum absolute atomic E-state index is 12.4. The molecular formula is C14H21N3O4S. The van der Waals surface area contributed by atoms with Crippen molar-refractivity contribution < 1.29 is 17.9 Å². The van der Waals surface area contributed by atoms with E-state index in [1.165, 1.54) is 10.6 Å². The molecule has 2 heterocycles. The van der Waals surface area contributed by atoms with Crippen molar-refractivity contribution >= 4 is 21.6 Å². The highest BCUT2D eigenvalue weighted by molar-refractivity contribution is 7.88. The van der Waals surface area contributed by atoms with Crippen LogP contribution in [0.4, 0.5) is 5.69 Å². The van der Waals surface area contributed by atoms with Gasteiger partial charge in [0.05, 0.1) is 18.8 Å². The van der Waals surface area contributed by atoms with Gasteiger partial charge in [-0.3, -0.25) is 4.79 Å². The molecule has 1 aliphatic rings. The third-order valence-electron chi connectivity index (χ3n) is 3.53. The van der Waals surface area contributed by atoms with Crippen molar-refractivity contribution in [3.63, 3.8) is 0 Å². The van der Waals surface area contributed by atoms with E-state index < -0.39 is 10.0 Å². The van der Waals surface area contributed by atoms with Crippen molar-refractivity contribution in [3.8, 4) is 5.88 Å². The van der Waals surface area contributed by atoms with E-state index in [1.54, 1.807) is 18.3 Å². The number of hydrogen-bond donors (Lipinski definition) is 1. The second-order valence-corrected chi connectivity index (χ2v) is 7.22. The summed E-state index contributed by atoms with van der Waals surface area (Å²) in [5.74, 6) is -0.199. The fourth-order valence-electron chi connectivity index (χ4n) is 2.43. The molecule has 1 N–H and O–H groups in total. The molecule has 0 bridgehead atoms. The van der Waals surface area contributed by atoms with Crippen LogP contribution in [-0.2, 0) is 14.8 Å². The van der Waals surface area contributed by atoms with E-state index in [0.717, 1.165) is 0 Å². The summed E-state index contributed by atoms with van der Waals surface area (Å²) in [6.07, 6.45) is 4.10. The van der Waals surface area contributed by atoms with Crippen LogP contribution in [0, 0.1) is 5.92 Å². The molecule has 0 unspecified atom stereocenters. The highest BCUT2D eigenvalue weighted by Crippen LogP contribution is 2.24. The molecule has 0 aliphatic carbocycles. The second kappa shape index (κ2) is 7.06. The standard InChI is InChI=1S/C14H21N3O4S/c1-3-21-14-12(7-4-8-15-14)16-13(18)11-6-5-9-17(10-11)22(2,19)20/h4,7-8,11H,3,5-6,9-10H2,1-2H3,(H,16,18)/t11-/m0/s1. The predicted octanol–water partition coefficient (Wildman–Crippen LogP) is 1.09. The van der Waals surface area contributed by atoms with Gasteiger partial charge in [0.2, 0.25) is 21.8 Å². The van der Waals surface area contributed by atoms with Gasteiger partial charge in [-0.05, 0) is 31.9 Å². The number of carbonyl (C=O) groups is 1. The molecule has 1 aliphatic heterocycles. The second-order valence-electron chi connectivity index (χ2n) is 5.24. The van der Waals surface area contributed by atoms with Gasteiger partial charge >= 0.3 is 0 Å². The minimum absolute atomic E-state index is 0.206. The molecule has 0 spiro atoms. The molecule has 8 heteroatoms. The number of piperidine rings is 1. The number of pyridine rings is 1. The first-order valence-corrected chi connectivity index (χ1v) is 9.10. The lowest BCUT2D eigenvalue weighted by molar-refractivity contribution is -0.120. The maximum Gasteiger partial charge on any atom is 0.237 e. The Balaban J connectivity index is 2.06. The van der Waals surface area contributed by atoms with E-state index in [9.17, 15) is 13.2 Å². The predicted molar refractivity (Wildman–Crippen MR) is 83.2 cm³/mol. The number of ether oxygens (including phenoxy) is 1. The van der Waals surface area contributed by atoms with Gasteiger partial charge in [-0.1, -0.05) is 0 Å². The zero-order valence-electron chi connectivity index (χ0n) is 12.8. The number of anilines is 1. The first kappa shape index (κ1) is 16.7. The van der Waals surface area contributed by atoms with Crippen LogP contribution in [0.5, 0.6) is 5.88 Å². The maximum atomic E-state index is 12.4. The lowest BCUT2D eigenvalue weighted by atomic mass is 9.99. The van der Waals surface area contributed by atoms with E-state index in [2.05, 4.69) is 10.3 Å². The van der Waals surface area contributed by atoms with Crippen molar-refractivity contribution in [1.82, 2.24) is 9.29 Å². The van der Waals surface area contributed by atoms with E-state index in [1.807, 2.05) is 6.92 Å². The lowest BCUT2D eigenvalue weighted by Crippen LogP contribution is -2.43. The number of carbonyl (C=O) groups excluding carboxylic acids is 1. The molecule has 1 aromatic heterocycles. The monoisotopic (exact) mass is 327 g/mol. The van der Waals surface area contributed by atoms with Gasteiger partial charge in [0, 0.05) is 19.3 Å². The van der Waals surface area contributed by atoms with Crippen LogP contribution >= 0.6 is 0 Å². The van der Waals surface area contributed by atoms with Crippen molar-refractivity contribution in [2.24, 2.45) is 5.92 Å². The molecule has 1 aromatic rings. The van der Waals surface area contributed by atoms with E-state index >= 15 is 0 Å². The van der Waals surface area contributed by atoms with Crippen molar-refractivity contribution in [1.29, 1.82) is 0 Å². The van der Waals surface area contributed by atoms with Crippen LogP contribution in [0.3, 0.4) is 0 Å². The Bertz CT molecular complexity index is 633. The average molecular weight is 327 g/mol. The molecule has 22 heavy (non-hydrogen) atoms. The quantitative estimate of drug-likeness (QED) is 0.874. The highest BCUT2D eigenvalue weighted by Gasteiger charge is 2.30. The molecule has 1 amide bonds. The number of hydrogen-bond acceptors (Lipinski definition) is 5. The van der Waals surface area contributed by atoms with Crippen LogP contribution in [0.2, 0.25) is 0 Å². The van der Waals surface area contributed by atoms with Gasteiger partial charge in [-0.15, -0.1) is 0 Å². The van der Waals surface area contributed by atoms with Gasteiger partial charge in [-0.25, -0.2) is 17.7 Å². The smallest absolute Gasteiger partial charge is 0.237 e. The van der Waals surface area contributed by atoms with Crippen molar-refractivity contribution in [2.75, 3.05) is 31.3 Å². The molecule has 0 aromatic carbocycles. The summed E-state index contributed by atoms with van der Waals surface area (Å²) in [7, 11) is -3.27. The Morgan fingerprint density at radius 3 is 3.00 bits per heavy atom. The SMILES string of the molecule is CCOc1ncccc1NC(=O)[C@H]1CCCN(S(C)(=O)=O)C1. The summed E-state index contributed by atoms with van der Waals surface area (Å²) < 4.78 is 30.0. The summed E-state index contributed by atoms with van der Waals surface area (Å²) in [5, 5.41) is 2.79. The molecule has 0 radical (unpaired) electrons. The molecule has 1 atom stereocenters. The topological polar surface area (TPSA) is 88.6 Å². The number of sulfonamides is 1. The zero-order chi connectivity index (χ0) is 16.2. The summed E-state index contributed by atoms with van der Waals surface area (Å²) in [4.78, 5) is 16.5. The highest BCUT2D eigenvalue weighted by atomic mass is 32.2. The molecular weight excluding hydrogens is 306 g/mol. The first-order chi connectivity index (χ1) is 10.4. The molecule has 122 valence electrons. The minimum atomic E-state index is -3.27. The Hall–Kier alpha value is -1.67. The van der Waals surface area contributed by atoms with Crippen LogP contribution in [0.25, 0.3) is 0 Å². The summed E-state index contributed by atoms with van der Waals surface area (Å²) in [5.41, 5.74) is 0.505. The summed E-state index contributed by atoms with van der Waals surface area (Å²) in [6.45, 7) is 2.98. The summed E-state index contributed by atoms with van der Waals surface area (Å²) in [6, 6.07) is 3.43. The van der Waals surface area contributed by atoms with E-state index in [0.29, 0.717) is 37.6 Å². The van der Waals surface area contributed by atoms with E-state index in [-0.39, 0.29) is 18.4 Å².